The Morgan fingerprint density at radius 2 is 1.72 bits per heavy atom. The van der Waals surface area contributed by atoms with Crippen LogP contribution in [-0.2, 0) is 25.5 Å². The fourth-order valence-corrected chi connectivity index (χ4v) is 5.11. The number of pyridine rings is 1. The lowest BCUT2D eigenvalue weighted by Gasteiger charge is -2.17. The first kappa shape index (κ1) is 36.1. The minimum atomic E-state index is -0.615. The number of nitrogens with zero attached hydrogens (tertiary/aromatic N) is 4. The van der Waals surface area contributed by atoms with Gasteiger partial charge in [-0.25, -0.2) is 19.3 Å². The third kappa shape index (κ3) is 10.2. The molecule has 2 fully saturated rings. The molecule has 0 spiro atoms. The zero-order valence-electron chi connectivity index (χ0n) is 28.2. The summed E-state index contributed by atoms with van der Waals surface area (Å²) in [6.45, 7) is 9.97. The van der Waals surface area contributed by atoms with Gasteiger partial charge in [-0.1, -0.05) is 36.4 Å². The second kappa shape index (κ2) is 17.0. The molecule has 0 saturated carbocycles. The number of nitrogen functional groups attached to an aromatic ring is 1. The molecule has 1 unspecified atom stereocenters. The Bertz CT molecular complexity index is 1770. The maximum Gasteiger partial charge on any atom is 0.255 e. The largest absolute Gasteiger partial charge is 0.381 e. The van der Waals surface area contributed by atoms with Gasteiger partial charge in [-0.15, -0.1) is 0 Å². The Labute approximate surface area is 290 Å². The number of ether oxygens (including phenoxy) is 4. The van der Waals surface area contributed by atoms with Crippen molar-refractivity contribution < 1.29 is 28.1 Å². The smallest absolute Gasteiger partial charge is 0.255 e. The van der Waals surface area contributed by atoms with Gasteiger partial charge in [0.1, 0.15) is 23.8 Å². The third-order valence-electron chi connectivity index (χ3n) is 7.80. The quantitative estimate of drug-likeness (QED) is 0.179. The Morgan fingerprint density at radius 3 is 2.34 bits per heavy atom. The molecule has 2 aromatic carbocycles. The summed E-state index contributed by atoms with van der Waals surface area (Å²) >= 11 is 0. The molecule has 2 atom stereocenters. The van der Waals surface area contributed by atoms with Gasteiger partial charge in [0, 0.05) is 24.8 Å². The van der Waals surface area contributed by atoms with Gasteiger partial charge in [-0.05, 0) is 50.1 Å². The van der Waals surface area contributed by atoms with Crippen molar-refractivity contribution in [2.75, 3.05) is 55.9 Å². The topological polar surface area (TPSA) is 179 Å². The SMILES string of the molecule is C1COCCO1.C[C@H](NC(=O)c1cc(C#N)cnc1NCc1ccc(-c2cnc(N)c(NCC3COC(C)(C)O3)n2)cc1)c1ccc(F)cc1. The highest BCUT2D eigenvalue weighted by molar-refractivity contribution is 5.99. The summed E-state index contributed by atoms with van der Waals surface area (Å²) in [6, 6.07) is 16.7. The highest BCUT2D eigenvalue weighted by Crippen LogP contribution is 2.25. The Morgan fingerprint density at radius 1 is 1.02 bits per heavy atom. The van der Waals surface area contributed by atoms with E-state index in [4.69, 9.17) is 24.7 Å². The first-order valence-corrected chi connectivity index (χ1v) is 16.2. The van der Waals surface area contributed by atoms with Crippen LogP contribution in [0.3, 0.4) is 0 Å². The number of carbonyl (C=O) groups excluding carboxylic acids is 1. The second-order valence-corrected chi connectivity index (χ2v) is 12.1. The number of anilines is 3. The summed E-state index contributed by atoms with van der Waals surface area (Å²) in [5.41, 5.74) is 9.70. The number of hydrogen-bond acceptors (Lipinski definition) is 12. The number of nitrogens with two attached hydrogens (primary N) is 1. The molecule has 2 aromatic heterocycles. The van der Waals surface area contributed by atoms with Gasteiger partial charge in [0.2, 0.25) is 0 Å². The van der Waals surface area contributed by atoms with Gasteiger partial charge in [-0.2, -0.15) is 5.26 Å². The van der Waals surface area contributed by atoms with E-state index < -0.39 is 17.7 Å². The van der Waals surface area contributed by atoms with E-state index in [1.165, 1.54) is 24.4 Å². The summed E-state index contributed by atoms with van der Waals surface area (Å²) in [4.78, 5) is 26.4. The number of benzene rings is 2. The van der Waals surface area contributed by atoms with Crippen molar-refractivity contribution in [1.82, 2.24) is 20.3 Å². The number of rotatable bonds is 10. The summed E-state index contributed by atoms with van der Waals surface area (Å²) in [5.74, 6) is -0.298. The van der Waals surface area contributed by atoms with Gasteiger partial charge in [0.15, 0.2) is 17.4 Å². The Balaban J connectivity index is 0.000000732. The van der Waals surface area contributed by atoms with Crippen molar-refractivity contribution in [3.05, 3.63) is 95.1 Å². The average molecular weight is 685 g/mol. The van der Waals surface area contributed by atoms with Crippen LogP contribution in [0.15, 0.2) is 67.0 Å². The molecule has 4 aromatic rings. The molecule has 13 nitrogen and oxygen atoms in total. The molecule has 14 heteroatoms. The van der Waals surface area contributed by atoms with E-state index in [0.717, 1.165) is 43.1 Å². The molecule has 6 rings (SSSR count). The maximum atomic E-state index is 13.3. The Kier molecular flexibility index (Phi) is 12.2. The molecule has 0 bridgehead atoms. The third-order valence-corrected chi connectivity index (χ3v) is 7.80. The number of halogens is 1. The van der Waals surface area contributed by atoms with Crippen LogP contribution in [0.4, 0.5) is 21.8 Å². The fourth-order valence-electron chi connectivity index (χ4n) is 5.11. The molecule has 0 radical (unpaired) electrons. The van der Waals surface area contributed by atoms with E-state index in [1.807, 2.05) is 44.2 Å². The van der Waals surface area contributed by atoms with E-state index in [-0.39, 0.29) is 28.9 Å². The molecule has 5 N–H and O–H groups in total. The van der Waals surface area contributed by atoms with Crippen LogP contribution in [0.5, 0.6) is 0 Å². The molecule has 262 valence electrons. The lowest BCUT2D eigenvalue weighted by Crippen LogP contribution is -2.28. The fraction of sp³-hybridized carbons (Fsp3) is 0.361. The van der Waals surface area contributed by atoms with Gasteiger partial charge in [0.25, 0.3) is 5.91 Å². The molecule has 2 aliphatic heterocycles. The van der Waals surface area contributed by atoms with Crippen LogP contribution in [0.1, 0.15) is 53.9 Å². The molecule has 50 heavy (non-hydrogen) atoms. The lowest BCUT2D eigenvalue weighted by atomic mass is 10.1. The monoisotopic (exact) mass is 684 g/mol. The minimum Gasteiger partial charge on any atom is -0.381 e. The molecule has 2 saturated heterocycles. The second-order valence-electron chi connectivity index (χ2n) is 12.1. The van der Waals surface area contributed by atoms with E-state index in [1.54, 1.807) is 25.3 Å². The molecule has 1 amide bonds. The normalized spacial score (nSPS) is 17.1. The van der Waals surface area contributed by atoms with E-state index in [2.05, 4.69) is 30.9 Å². The van der Waals surface area contributed by atoms with Crippen LogP contribution in [0, 0.1) is 17.1 Å². The molecular formula is C36H41FN8O5. The lowest BCUT2D eigenvalue weighted by molar-refractivity contribution is -0.136. The molecule has 0 aliphatic carbocycles. The van der Waals surface area contributed by atoms with E-state index >= 15 is 0 Å². The van der Waals surface area contributed by atoms with E-state index in [9.17, 15) is 14.4 Å². The molecule has 4 heterocycles. The zero-order chi connectivity index (χ0) is 35.5. The summed E-state index contributed by atoms with van der Waals surface area (Å²) in [7, 11) is 0. The molecule has 2 aliphatic rings. The van der Waals surface area contributed by atoms with Gasteiger partial charge in [-0.3, -0.25) is 4.79 Å². The highest BCUT2D eigenvalue weighted by Gasteiger charge is 2.32. The summed E-state index contributed by atoms with van der Waals surface area (Å²) < 4.78 is 34.6. The summed E-state index contributed by atoms with van der Waals surface area (Å²) in [5, 5.41) is 18.7. The van der Waals surface area contributed by atoms with Crippen LogP contribution >= 0.6 is 0 Å². The van der Waals surface area contributed by atoms with Crippen LogP contribution in [-0.4, -0.2) is 72.3 Å². The van der Waals surface area contributed by atoms with Crippen LogP contribution in [0.2, 0.25) is 0 Å². The van der Waals surface area contributed by atoms with E-state index in [0.29, 0.717) is 37.0 Å². The summed E-state index contributed by atoms with van der Waals surface area (Å²) in [6.07, 6.45) is 2.89. The number of carbonyl (C=O) groups is 1. The average Bonchev–Trinajstić information content (AvgIpc) is 3.49. The van der Waals surface area contributed by atoms with Crippen molar-refractivity contribution in [1.29, 1.82) is 5.26 Å². The van der Waals surface area contributed by atoms with Crippen LogP contribution in [0.25, 0.3) is 11.3 Å². The predicted octanol–water partition coefficient (Wildman–Crippen LogP) is 4.83. The van der Waals surface area contributed by atoms with Crippen molar-refractivity contribution in [2.45, 2.75) is 45.2 Å². The van der Waals surface area contributed by atoms with Crippen LogP contribution < -0.4 is 21.7 Å². The highest BCUT2D eigenvalue weighted by atomic mass is 19.1. The number of nitrogens with one attached hydrogen (secondary N) is 3. The van der Waals surface area contributed by atoms with Crippen molar-refractivity contribution in [3.8, 4) is 17.3 Å². The zero-order valence-corrected chi connectivity index (χ0v) is 28.2. The van der Waals surface area contributed by atoms with Crippen molar-refractivity contribution in [3.63, 3.8) is 0 Å². The number of aromatic nitrogens is 3. The van der Waals surface area contributed by atoms with Crippen molar-refractivity contribution in [2.24, 2.45) is 0 Å². The maximum absolute atomic E-state index is 13.3. The predicted molar refractivity (Wildman–Crippen MR) is 185 cm³/mol. The number of hydrogen-bond donors (Lipinski definition) is 4. The Hall–Kier alpha value is -5.20. The standard InChI is InChI=1S/C32H33FN8O3.C4H8O2/c1-19(22-8-10-24(33)11-9-22)40-31(42)26-12-21(13-34)15-38-29(26)37-14-20-4-6-23(7-5-20)27-17-36-28(35)30(41-27)39-16-25-18-43-32(2,3)44-25;1-2-6-4-3-5-1/h4-12,15,17,19,25H,14,16,18H2,1-3H3,(H2,35,36)(H,37,38)(H,39,41)(H,40,42);1-4H2/t19-,25?;/m0./s1. The first-order chi connectivity index (χ1) is 24.1. The number of amides is 1. The first-order valence-electron chi connectivity index (χ1n) is 16.2. The van der Waals surface area contributed by atoms with Gasteiger partial charge < -0.3 is 40.6 Å². The van der Waals surface area contributed by atoms with Gasteiger partial charge in [0.05, 0.1) is 62.1 Å². The molecular weight excluding hydrogens is 643 g/mol. The number of nitriles is 1. The van der Waals surface area contributed by atoms with Crippen molar-refractivity contribution >= 4 is 23.4 Å². The minimum absolute atomic E-state index is 0.128. The van der Waals surface area contributed by atoms with Gasteiger partial charge >= 0.3 is 0 Å².